The molecule has 6 aromatic rings. The lowest BCUT2D eigenvalue weighted by molar-refractivity contribution is 0.661. The van der Waals surface area contributed by atoms with Crippen LogP contribution < -0.4 is 0 Å². The average Bonchev–Trinajstić information content (AvgIpc) is 3.29. The molecule has 2 aliphatic carbocycles. The van der Waals surface area contributed by atoms with Crippen LogP contribution in [0.5, 0.6) is 0 Å². The lowest BCUT2D eigenvalue weighted by atomic mass is 9.81. The van der Waals surface area contributed by atoms with Crippen LogP contribution in [0, 0.1) is 0 Å². The van der Waals surface area contributed by atoms with E-state index in [-0.39, 0.29) is 11.3 Å². The second kappa shape index (κ2) is 9.99. The fourth-order valence-corrected chi connectivity index (χ4v) is 6.67. The average molecular weight is 554 g/mol. The van der Waals surface area contributed by atoms with Gasteiger partial charge in [0.2, 0.25) is 0 Å². The third-order valence-electron chi connectivity index (χ3n) is 9.02. The Hall–Kier alpha value is -5.15. The molecule has 0 fully saturated rings. The van der Waals surface area contributed by atoms with Gasteiger partial charge in [0.15, 0.2) is 17.5 Å². The van der Waals surface area contributed by atoms with E-state index in [0.29, 0.717) is 17.5 Å². The van der Waals surface area contributed by atoms with Gasteiger partial charge in [0, 0.05) is 28.0 Å². The summed E-state index contributed by atoms with van der Waals surface area (Å²) in [5.41, 5.74) is 9.45. The normalized spacial score (nSPS) is 16.5. The standard InChI is InChI=1S/C40H31N3/c1-40(2)35-25-32(20-21-33(35)34-23-29-16-9-10-17-30(29)24-36(34)40)39-42-37(27-14-7-4-8-15-27)41-38(43-39)31-19-11-18-28(22-31)26-12-5-3-6-13-26/h3-17,19-25,28H,18H2,1-2H3. The summed E-state index contributed by atoms with van der Waals surface area (Å²) in [5, 5.41) is 2.55. The van der Waals surface area contributed by atoms with Gasteiger partial charge in [-0.15, -0.1) is 0 Å². The summed E-state index contributed by atoms with van der Waals surface area (Å²) in [7, 11) is 0. The fraction of sp³-hybridized carbons (Fsp3) is 0.125. The summed E-state index contributed by atoms with van der Waals surface area (Å²) in [6.45, 7) is 4.65. The minimum absolute atomic E-state index is 0.139. The first kappa shape index (κ1) is 25.6. The quantitative estimate of drug-likeness (QED) is 0.218. The molecule has 1 aromatic heterocycles. The van der Waals surface area contributed by atoms with Crippen molar-refractivity contribution in [1.29, 1.82) is 0 Å². The molecular weight excluding hydrogens is 522 g/mol. The van der Waals surface area contributed by atoms with Gasteiger partial charge in [0.25, 0.3) is 0 Å². The number of rotatable bonds is 4. The summed E-state index contributed by atoms with van der Waals surface area (Å²) >= 11 is 0. The topological polar surface area (TPSA) is 38.7 Å². The molecule has 1 atom stereocenters. The van der Waals surface area contributed by atoms with E-state index in [4.69, 9.17) is 15.0 Å². The van der Waals surface area contributed by atoms with E-state index >= 15 is 0 Å². The molecule has 0 N–H and O–H groups in total. The zero-order valence-electron chi connectivity index (χ0n) is 24.3. The lowest BCUT2D eigenvalue weighted by Crippen LogP contribution is -2.15. The number of benzene rings is 5. The van der Waals surface area contributed by atoms with Crippen LogP contribution in [-0.2, 0) is 5.41 Å². The highest BCUT2D eigenvalue weighted by Gasteiger charge is 2.36. The predicted molar refractivity (Wildman–Crippen MR) is 177 cm³/mol. The first-order chi connectivity index (χ1) is 21.0. The highest BCUT2D eigenvalue weighted by Crippen LogP contribution is 2.50. The van der Waals surface area contributed by atoms with Crippen molar-refractivity contribution in [3.8, 4) is 33.9 Å². The monoisotopic (exact) mass is 553 g/mol. The van der Waals surface area contributed by atoms with Crippen molar-refractivity contribution < 1.29 is 0 Å². The summed E-state index contributed by atoms with van der Waals surface area (Å²) in [5.74, 6) is 2.37. The third-order valence-corrected chi connectivity index (χ3v) is 9.02. The molecule has 1 unspecified atom stereocenters. The molecule has 0 spiro atoms. The van der Waals surface area contributed by atoms with E-state index in [1.54, 1.807) is 0 Å². The van der Waals surface area contributed by atoms with Crippen LogP contribution in [0.4, 0.5) is 0 Å². The summed E-state index contributed by atoms with van der Waals surface area (Å²) in [6.07, 6.45) is 7.65. The maximum absolute atomic E-state index is 5.11. The molecule has 0 radical (unpaired) electrons. The molecule has 0 amide bonds. The molecule has 0 saturated carbocycles. The van der Waals surface area contributed by atoms with Crippen molar-refractivity contribution >= 4 is 16.3 Å². The SMILES string of the molecule is CC1(C)c2cc(-c3nc(C4=CC(c5ccccc5)CC=C4)nc(-c4ccccc4)n3)ccc2-c2cc3ccccc3cc21. The Balaban J connectivity index is 1.26. The van der Waals surface area contributed by atoms with E-state index < -0.39 is 0 Å². The number of hydrogen-bond acceptors (Lipinski definition) is 3. The number of aromatic nitrogens is 3. The minimum Gasteiger partial charge on any atom is -0.208 e. The zero-order chi connectivity index (χ0) is 29.0. The molecule has 2 aliphatic rings. The van der Waals surface area contributed by atoms with E-state index in [9.17, 15) is 0 Å². The van der Waals surface area contributed by atoms with Crippen LogP contribution in [0.1, 0.15) is 48.7 Å². The van der Waals surface area contributed by atoms with Crippen LogP contribution in [0.2, 0.25) is 0 Å². The van der Waals surface area contributed by atoms with E-state index in [2.05, 4.69) is 129 Å². The first-order valence-corrected chi connectivity index (χ1v) is 15.0. The van der Waals surface area contributed by atoms with Crippen molar-refractivity contribution in [2.24, 2.45) is 0 Å². The van der Waals surface area contributed by atoms with Gasteiger partial charge in [-0.05, 0) is 63.2 Å². The van der Waals surface area contributed by atoms with Gasteiger partial charge in [0.05, 0.1) is 0 Å². The second-order valence-corrected chi connectivity index (χ2v) is 12.1. The Morgan fingerprint density at radius 1 is 0.581 bits per heavy atom. The maximum atomic E-state index is 5.11. The summed E-state index contributed by atoms with van der Waals surface area (Å²) in [6, 6.07) is 40.9. The minimum atomic E-state index is -0.139. The Morgan fingerprint density at radius 3 is 1.98 bits per heavy atom. The Bertz CT molecular complexity index is 2070. The lowest BCUT2D eigenvalue weighted by Gasteiger charge is -2.22. The van der Waals surface area contributed by atoms with E-state index in [0.717, 1.165) is 23.1 Å². The van der Waals surface area contributed by atoms with Crippen molar-refractivity contribution in [3.05, 3.63) is 156 Å². The Morgan fingerprint density at radius 2 is 1.21 bits per heavy atom. The third kappa shape index (κ3) is 4.40. The number of hydrogen-bond donors (Lipinski definition) is 0. The summed E-state index contributed by atoms with van der Waals surface area (Å²) < 4.78 is 0. The molecule has 1 heterocycles. The molecule has 0 saturated heterocycles. The van der Waals surface area contributed by atoms with Gasteiger partial charge >= 0.3 is 0 Å². The molecule has 3 nitrogen and oxygen atoms in total. The number of allylic oxidation sites excluding steroid dienone is 4. The van der Waals surface area contributed by atoms with Gasteiger partial charge < -0.3 is 0 Å². The Labute approximate surface area is 252 Å². The van der Waals surface area contributed by atoms with Crippen LogP contribution in [-0.4, -0.2) is 15.0 Å². The molecule has 3 heteroatoms. The van der Waals surface area contributed by atoms with Crippen molar-refractivity contribution in [3.63, 3.8) is 0 Å². The highest BCUT2D eigenvalue weighted by atomic mass is 15.0. The molecule has 206 valence electrons. The van der Waals surface area contributed by atoms with Crippen molar-refractivity contribution in [2.75, 3.05) is 0 Å². The smallest absolute Gasteiger partial charge is 0.164 e. The molecule has 8 rings (SSSR count). The second-order valence-electron chi connectivity index (χ2n) is 12.1. The fourth-order valence-electron chi connectivity index (χ4n) is 6.67. The molecule has 0 bridgehead atoms. The Kier molecular flexibility index (Phi) is 5.94. The maximum Gasteiger partial charge on any atom is 0.164 e. The van der Waals surface area contributed by atoms with Crippen molar-refractivity contribution in [1.82, 2.24) is 15.0 Å². The zero-order valence-corrected chi connectivity index (χ0v) is 24.3. The molecule has 43 heavy (non-hydrogen) atoms. The first-order valence-electron chi connectivity index (χ1n) is 15.0. The van der Waals surface area contributed by atoms with Crippen LogP contribution in [0.3, 0.4) is 0 Å². The molecule has 5 aromatic carbocycles. The molecule has 0 aliphatic heterocycles. The van der Waals surface area contributed by atoms with Gasteiger partial charge in [0.1, 0.15) is 0 Å². The van der Waals surface area contributed by atoms with Gasteiger partial charge in [-0.1, -0.05) is 129 Å². The van der Waals surface area contributed by atoms with E-state index in [1.807, 2.05) is 18.2 Å². The number of nitrogens with zero attached hydrogens (tertiary/aromatic N) is 3. The van der Waals surface area contributed by atoms with Crippen LogP contribution >= 0.6 is 0 Å². The molecular formula is C40H31N3. The van der Waals surface area contributed by atoms with Crippen LogP contribution in [0.25, 0.3) is 50.2 Å². The predicted octanol–water partition coefficient (Wildman–Crippen LogP) is 9.79. The highest BCUT2D eigenvalue weighted by molar-refractivity contribution is 5.94. The van der Waals surface area contributed by atoms with Crippen molar-refractivity contribution in [2.45, 2.75) is 31.6 Å². The van der Waals surface area contributed by atoms with Gasteiger partial charge in [-0.3, -0.25) is 0 Å². The van der Waals surface area contributed by atoms with Gasteiger partial charge in [-0.2, -0.15) is 0 Å². The van der Waals surface area contributed by atoms with Gasteiger partial charge in [-0.25, -0.2) is 15.0 Å². The largest absolute Gasteiger partial charge is 0.208 e. The number of fused-ring (bicyclic) bond motifs is 4. The van der Waals surface area contributed by atoms with Crippen LogP contribution in [0.15, 0.2) is 133 Å². The summed E-state index contributed by atoms with van der Waals surface area (Å²) in [4.78, 5) is 15.1. The van der Waals surface area contributed by atoms with E-state index in [1.165, 1.54) is 38.6 Å².